The summed E-state index contributed by atoms with van der Waals surface area (Å²) in [6.45, 7) is 29.2. The molecule has 0 amide bonds. The highest BCUT2D eigenvalue weighted by Crippen LogP contribution is 2.75. The Labute approximate surface area is 336 Å². The molecule has 0 radical (unpaired) electrons. The van der Waals surface area contributed by atoms with Gasteiger partial charge in [-0.25, -0.2) is 9.67 Å². The van der Waals surface area contributed by atoms with Crippen LogP contribution in [0.3, 0.4) is 0 Å². The van der Waals surface area contributed by atoms with Gasteiger partial charge in [0.25, 0.3) is 0 Å². The van der Waals surface area contributed by atoms with Gasteiger partial charge in [0.15, 0.2) is 5.82 Å². The number of carbonyl (C=O) groups is 1. The summed E-state index contributed by atoms with van der Waals surface area (Å²) in [6, 6.07) is 8.03. The minimum Gasteiger partial charge on any atom is -0.494 e. The first kappa shape index (κ1) is 41.4. The van der Waals surface area contributed by atoms with Crippen molar-refractivity contribution in [3.05, 3.63) is 42.2 Å². The molecule has 4 aliphatic carbocycles. The first-order valence-electron chi connectivity index (χ1n) is 21.7. The van der Waals surface area contributed by atoms with Gasteiger partial charge in [0, 0.05) is 16.5 Å². The molecule has 9 nitrogen and oxygen atoms in total. The van der Waals surface area contributed by atoms with E-state index in [2.05, 4.69) is 99.1 Å². The molecule has 1 saturated heterocycles. The normalized spacial score (nSPS) is 39.8. The standard InChI is InChI=1S/C47H72N4O5/c1-13-55-32-16-14-31(15-17-32)39-49-28-50-51(39)35-24-42(8)25-54-27-47(38(35)56-26-46(12,48)41(5,6)7)34-20-21-45(11)37(40(52)53)43(9,30(4)29(2)3)22-23-44(45,10)33(34)18-19-36(42)47/h14-17,20,28-30,33,35-38H,13,18-19,21-27,48H2,1-12H3,(H,52,53)/t30-,33+,35-,36-,37-,38+,42-,43-,44-,45+,46+,47+/m1/s1. The number of nitrogens with zero attached hydrogens (tertiary/aromatic N) is 3. The predicted molar refractivity (Wildman–Crippen MR) is 221 cm³/mol. The number of aromatic nitrogens is 3. The average molecular weight is 773 g/mol. The SMILES string of the molecule is CCOc1ccc(-c2ncnn2[C@@H]2C[C@]3(C)COC[C@@]4(C5=CC[C@@]6(C)[C@H](C(=O)O)[C@@](C)([C@H](C)C(C)C)CC[C@]6(C)[C@H]5CC[C@H]34)[C@H]2OC[C@](C)(N)C(C)(C)C)cc1. The number of benzene rings is 1. The summed E-state index contributed by atoms with van der Waals surface area (Å²) in [4.78, 5) is 18.6. The van der Waals surface area contributed by atoms with Gasteiger partial charge in [0.1, 0.15) is 12.1 Å². The van der Waals surface area contributed by atoms with Crippen molar-refractivity contribution >= 4 is 5.97 Å². The first-order chi connectivity index (χ1) is 26.1. The van der Waals surface area contributed by atoms with E-state index in [0.717, 1.165) is 55.7 Å². The van der Waals surface area contributed by atoms with E-state index in [1.54, 1.807) is 6.33 Å². The smallest absolute Gasteiger partial charge is 0.307 e. The van der Waals surface area contributed by atoms with Crippen LogP contribution in [-0.2, 0) is 14.3 Å². The monoisotopic (exact) mass is 773 g/mol. The highest BCUT2D eigenvalue weighted by Gasteiger charge is 2.73. The summed E-state index contributed by atoms with van der Waals surface area (Å²) in [5.74, 6) is 1.79. The lowest BCUT2D eigenvalue weighted by molar-refractivity contribution is -0.255. The van der Waals surface area contributed by atoms with Gasteiger partial charge in [-0.1, -0.05) is 80.9 Å². The summed E-state index contributed by atoms with van der Waals surface area (Å²) in [5, 5.41) is 16.3. The number of rotatable bonds is 10. The van der Waals surface area contributed by atoms with Crippen molar-refractivity contribution in [3.63, 3.8) is 0 Å². The van der Waals surface area contributed by atoms with E-state index < -0.39 is 28.3 Å². The Bertz CT molecular complexity index is 1810. The van der Waals surface area contributed by atoms with Crippen LogP contribution in [0.4, 0.5) is 0 Å². The van der Waals surface area contributed by atoms with Gasteiger partial charge in [0.05, 0.1) is 44.5 Å². The Hall–Kier alpha value is -2.75. The molecular weight excluding hydrogens is 701 g/mol. The second-order valence-corrected chi connectivity index (χ2v) is 21.5. The van der Waals surface area contributed by atoms with Gasteiger partial charge in [-0.15, -0.1) is 0 Å². The largest absolute Gasteiger partial charge is 0.494 e. The molecule has 9 heteroatoms. The summed E-state index contributed by atoms with van der Waals surface area (Å²) < 4.78 is 22.3. The van der Waals surface area contributed by atoms with Gasteiger partial charge in [0.2, 0.25) is 0 Å². The molecule has 7 rings (SSSR count). The van der Waals surface area contributed by atoms with Crippen LogP contribution >= 0.6 is 0 Å². The van der Waals surface area contributed by atoms with E-state index in [-0.39, 0.29) is 45.6 Å². The summed E-state index contributed by atoms with van der Waals surface area (Å²) in [7, 11) is 0. The van der Waals surface area contributed by atoms with Gasteiger partial charge in [-0.2, -0.15) is 5.10 Å². The molecule has 3 N–H and O–H groups in total. The fourth-order valence-corrected chi connectivity index (χ4v) is 13.1. The summed E-state index contributed by atoms with van der Waals surface area (Å²) >= 11 is 0. The number of carboxylic acid groups (broad SMARTS) is 1. The van der Waals surface area contributed by atoms with E-state index in [9.17, 15) is 9.90 Å². The molecule has 2 heterocycles. The molecular formula is C47H72N4O5. The Morgan fingerprint density at radius 2 is 1.73 bits per heavy atom. The Kier molecular flexibility index (Phi) is 10.3. The zero-order valence-electron chi connectivity index (χ0n) is 36.6. The molecule has 1 aliphatic heterocycles. The summed E-state index contributed by atoms with van der Waals surface area (Å²) in [6.07, 6.45) is 9.50. The van der Waals surface area contributed by atoms with Crippen LogP contribution in [-0.4, -0.2) is 63.9 Å². The molecule has 0 unspecified atom stereocenters. The van der Waals surface area contributed by atoms with Crippen molar-refractivity contribution in [2.75, 3.05) is 26.4 Å². The minimum atomic E-state index is -0.637. The number of hydrogen-bond acceptors (Lipinski definition) is 7. The Morgan fingerprint density at radius 1 is 1.04 bits per heavy atom. The second kappa shape index (κ2) is 13.9. The van der Waals surface area contributed by atoms with Crippen LogP contribution in [0, 0.1) is 62.1 Å². The highest BCUT2D eigenvalue weighted by atomic mass is 16.5. The van der Waals surface area contributed by atoms with E-state index in [1.807, 2.05) is 19.1 Å². The van der Waals surface area contributed by atoms with Crippen LogP contribution in [0.2, 0.25) is 0 Å². The maximum absolute atomic E-state index is 13.7. The molecule has 1 aromatic carbocycles. The average Bonchev–Trinajstić information content (AvgIpc) is 3.61. The number of allylic oxidation sites excluding steroid dienone is 1. The molecule has 2 aromatic rings. The van der Waals surface area contributed by atoms with Gasteiger partial charge < -0.3 is 25.1 Å². The number of fused-ring (bicyclic) bond motifs is 3. The molecule has 12 atom stereocenters. The lowest BCUT2D eigenvalue weighted by atomic mass is 9.34. The van der Waals surface area contributed by atoms with Gasteiger partial charge in [-0.3, -0.25) is 4.79 Å². The van der Waals surface area contributed by atoms with Crippen molar-refractivity contribution in [1.29, 1.82) is 0 Å². The molecule has 56 heavy (non-hydrogen) atoms. The van der Waals surface area contributed by atoms with Crippen LogP contribution in [0.15, 0.2) is 42.2 Å². The quantitative estimate of drug-likeness (QED) is 0.229. The third kappa shape index (κ3) is 5.97. The van der Waals surface area contributed by atoms with Gasteiger partial charge >= 0.3 is 5.97 Å². The molecule has 0 spiro atoms. The van der Waals surface area contributed by atoms with Crippen LogP contribution in [0.1, 0.15) is 128 Å². The first-order valence-corrected chi connectivity index (χ1v) is 21.7. The minimum absolute atomic E-state index is 0.129. The predicted octanol–water partition coefficient (Wildman–Crippen LogP) is 9.62. The molecule has 310 valence electrons. The van der Waals surface area contributed by atoms with Crippen molar-refractivity contribution in [2.45, 2.75) is 139 Å². The third-order valence-corrected chi connectivity index (χ3v) is 17.6. The molecule has 4 fully saturated rings. The van der Waals surface area contributed by atoms with Gasteiger partial charge in [-0.05, 0) is 127 Å². The molecule has 3 saturated carbocycles. The fourth-order valence-electron chi connectivity index (χ4n) is 13.1. The van der Waals surface area contributed by atoms with Crippen LogP contribution in [0.5, 0.6) is 5.75 Å². The third-order valence-electron chi connectivity index (χ3n) is 17.6. The molecule has 1 aromatic heterocycles. The molecule has 2 bridgehead atoms. The van der Waals surface area contributed by atoms with E-state index in [1.165, 1.54) is 5.57 Å². The Morgan fingerprint density at radius 3 is 2.36 bits per heavy atom. The van der Waals surface area contributed by atoms with Crippen LogP contribution < -0.4 is 10.5 Å². The summed E-state index contributed by atoms with van der Waals surface area (Å²) in [5.41, 5.74) is 7.28. The molecule has 5 aliphatic rings. The number of aliphatic carboxylic acids is 1. The fraction of sp³-hybridized carbons (Fsp3) is 0.766. The number of nitrogens with two attached hydrogens (primary N) is 1. The van der Waals surface area contributed by atoms with Crippen molar-refractivity contribution in [1.82, 2.24) is 14.8 Å². The van der Waals surface area contributed by atoms with Crippen molar-refractivity contribution in [3.8, 4) is 17.1 Å². The van der Waals surface area contributed by atoms with Crippen molar-refractivity contribution in [2.24, 2.45) is 67.8 Å². The van der Waals surface area contributed by atoms with E-state index >= 15 is 0 Å². The lowest BCUT2D eigenvalue weighted by Crippen LogP contribution is -2.70. The van der Waals surface area contributed by atoms with E-state index in [0.29, 0.717) is 38.3 Å². The maximum atomic E-state index is 13.7. The topological polar surface area (TPSA) is 122 Å². The maximum Gasteiger partial charge on any atom is 0.307 e. The zero-order chi connectivity index (χ0) is 40.9. The van der Waals surface area contributed by atoms with Crippen molar-refractivity contribution < 1.29 is 24.1 Å². The number of carboxylic acids is 1. The highest BCUT2D eigenvalue weighted by molar-refractivity contribution is 5.73. The van der Waals surface area contributed by atoms with E-state index in [4.69, 9.17) is 30.0 Å². The Balaban J connectivity index is 1.39. The number of hydrogen-bond donors (Lipinski definition) is 2. The second-order valence-electron chi connectivity index (χ2n) is 21.5. The number of ether oxygens (including phenoxy) is 3. The lowest BCUT2D eigenvalue weighted by Gasteiger charge is -2.71. The van der Waals surface area contributed by atoms with Crippen LogP contribution in [0.25, 0.3) is 11.4 Å². The zero-order valence-corrected chi connectivity index (χ0v) is 36.6.